The Kier molecular flexibility index (Phi) is 4.17. The van der Waals surface area contributed by atoms with E-state index in [-0.39, 0.29) is 5.16 Å². The molecule has 0 aliphatic carbocycles. The van der Waals surface area contributed by atoms with Gasteiger partial charge in [-0.3, -0.25) is 4.57 Å². The van der Waals surface area contributed by atoms with Crippen LogP contribution in [0.25, 0.3) is 10.7 Å². The quantitative estimate of drug-likeness (QED) is 0.693. The standard InChI is InChI=1S/C8H6Br2ClN3O2S2/c1-2-14-7(5-3-4(9)6(10)17-5)12-13-8(14)18(11,15)16/h3H,2H2,1H3. The average molecular weight is 436 g/mol. The summed E-state index contributed by atoms with van der Waals surface area (Å²) >= 11 is 8.17. The summed E-state index contributed by atoms with van der Waals surface area (Å²) in [6, 6.07) is 1.84. The lowest BCUT2D eigenvalue weighted by molar-refractivity contribution is 0.583. The maximum atomic E-state index is 11.4. The molecule has 0 amide bonds. The van der Waals surface area contributed by atoms with Crippen LogP contribution in [0.1, 0.15) is 6.92 Å². The third kappa shape index (κ3) is 2.64. The van der Waals surface area contributed by atoms with E-state index in [2.05, 4.69) is 42.1 Å². The Labute approximate surface area is 129 Å². The average Bonchev–Trinajstić information content (AvgIpc) is 2.82. The van der Waals surface area contributed by atoms with E-state index < -0.39 is 9.05 Å². The summed E-state index contributed by atoms with van der Waals surface area (Å²) in [5.41, 5.74) is 0. The maximum absolute atomic E-state index is 11.4. The number of thiophene rings is 1. The van der Waals surface area contributed by atoms with Crippen LogP contribution in [0.5, 0.6) is 0 Å². The van der Waals surface area contributed by atoms with Crippen LogP contribution in [0.3, 0.4) is 0 Å². The van der Waals surface area contributed by atoms with Crippen molar-refractivity contribution in [3.63, 3.8) is 0 Å². The van der Waals surface area contributed by atoms with E-state index in [1.54, 1.807) is 6.92 Å². The fourth-order valence-corrected chi connectivity index (χ4v) is 4.38. The monoisotopic (exact) mass is 433 g/mol. The van der Waals surface area contributed by atoms with Gasteiger partial charge in [-0.05, 0) is 44.8 Å². The van der Waals surface area contributed by atoms with Crippen LogP contribution >= 0.6 is 53.9 Å². The first-order chi connectivity index (χ1) is 8.34. The molecule has 0 aliphatic rings. The van der Waals surface area contributed by atoms with Crippen molar-refractivity contribution in [2.24, 2.45) is 0 Å². The third-order valence-electron chi connectivity index (χ3n) is 2.12. The fraction of sp³-hybridized carbons (Fsp3) is 0.250. The molecule has 18 heavy (non-hydrogen) atoms. The SMILES string of the molecule is CCn1c(-c2cc(Br)c(Br)s2)nnc1S(=O)(=O)Cl. The highest BCUT2D eigenvalue weighted by molar-refractivity contribution is 9.13. The zero-order valence-corrected chi connectivity index (χ0v) is 14.5. The molecule has 98 valence electrons. The van der Waals surface area contributed by atoms with Crippen LogP contribution in [-0.4, -0.2) is 23.2 Å². The van der Waals surface area contributed by atoms with Gasteiger partial charge in [-0.15, -0.1) is 21.5 Å². The summed E-state index contributed by atoms with van der Waals surface area (Å²) in [6.45, 7) is 2.22. The second-order valence-corrected chi connectivity index (χ2v) is 8.90. The zero-order valence-electron chi connectivity index (χ0n) is 8.89. The molecule has 5 nitrogen and oxygen atoms in total. The Hall–Kier alpha value is 0.0400. The predicted octanol–water partition coefficient (Wildman–Crippen LogP) is 3.48. The summed E-state index contributed by atoms with van der Waals surface area (Å²) in [5, 5.41) is 7.30. The number of hydrogen-bond acceptors (Lipinski definition) is 5. The van der Waals surface area contributed by atoms with Crippen molar-refractivity contribution in [2.75, 3.05) is 0 Å². The second-order valence-electron chi connectivity index (χ2n) is 3.22. The molecular formula is C8H6Br2ClN3O2S2. The lowest BCUT2D eigenvalue weighted by Crippen LogP contribution is -2.05. The van der Waals surface area contributed by atoms with E-state index in [1.165, 1.54) is 15.9 Å². The normalized spacial score (nSPS) is 12.0. The fourth-order valence-electron chi connectivity index (χ4n) is 1.39. The van der Waals surface area contributed by atoms with Crippen molar-refractivity contribution in [1.29, 1.82) is 0 Å². The van der Waals surface area contributed by atoms with E-state index in [4.69, 9.17) is 10.7 Å². The van der Waals surface area contributed by atoms with E-state index >= 15 is 0 Å². The molecule has 2 aromatic heterocycles. The van der Waals surface area contributed by atoms with Gasteiger partial charge in [0, 0.05) is 21.7 Å². The summed E-state index contributed by atoms with van der Waals surface area (Å²) in [7, 11) is 1.42. The van der Waals surface area contributed by atoms with Gasteiger partial charge in [-0.2, -0.15) is 0 Å². The van der Waals surface area contributed by atoms with Crippen LogP contribution in [0, 0.1) is 0 Å². The summed E-state index contributed by atoms with van der Waals surface area (Å²) in [5.74, 6) is 0.480. The molecular weight excluding hydrogens is 430 g/mol. The van der Waals surface area contributed by atoms with Crippen molar-refractivity contribution >= 4 is 62.9 Å². The zero-order chi connectivity index (χ0) is 13.5. The van der Waals surface area contributed by atoms with E-state index in [0.29, 0.717) is 12.4 Å². The molecule has 0 fully saturated rings. The Morgan fingerprint density at radius 3 is 2.56 bits per heavy atom. The number of nitrogens with zero attached hydrogens (tertiary/aromatic N) is 3. The highest BCUT2D eigenvalue weighted by Crippen LogP contribution is 2.38. The molecule has 2 rings (SSSR count). The van der Waals surface area contributed by atoms with Crippen LogP contribution in [0.4, 0.5) is 0 Å². The molecule has 0 saturated carbocycles. The van der Waals surface area contributed by atoms with Crippen molar-refractivity contribution in [3.05, 3.63) is 14.3 Å². The summed E-state index contributed by atoms with van der Waals surface area (Å²) in [6.07, 6.45) is 0. The van der Waals surface area contributed by atoms with Gasteiger partial charge in [-0.1, -0.05) is 0 Å². The number of halogens is 3. The first-order valence-electron chi connectivity index (χ1n) is 4.67. The third-order valence-corrected chi connectivity index (χ3v) is 6.52. The second kappa shape index (κ2) is 5.20. The molecule has 0 aromatic carbocycles. The highest BCUT2D eigenvalue weighted by Gasteiger charge is 2.23. The number of hydrogen-bond donors (Lipinski definition) is 0. The molecule has 0 N–H and O–H groups in total. The Bertz CT molecular complexity index is 676. The van der Waals surface area contributed by atoms with Gasteiger partial charge >= 0.3 is 0 Å². The molecule has 0 bridgehead atoms. The number of aromatic nitrogens is 3. The van der Waals surface area contributed by atoms with Crippen molar-refractivity contribution in [1.82, 2.24) is 14.8 Å². The van der Waals surface area contributed by atoms with Gasteiger partial charge in [0.1, 0.15) is 0 Å². The Morgan fingerprint density at radius 2 is 2.11 bits per heavy atom. The molecule has 0 spiro atoms. The first-order valence-corrected chi connectivity index (χ1v) is 9.38. The van der Waals surface area contributed by atoms with Gasteiger partial charge in [0.2, 0.25) is 0 Å². The van der Waals surface area contributed by atoms with Crippen LogP contribution < -0.4 is 0 Å². The van der Waals surface area contributed by atoms with Crippen LogP contribution in [0.2, 0.25) is 0 Å². The Morgan fingerprint density at radius 1 is 1.44 bits per heavy atom. The minimum Gasteiger partial charge on any atom is -0.296 e. The smallest absolute Gasteiger partial charge is 0.296 e. The van der Waals surface area contributed by atoms with Crippen LogP contribution in [0.15, 0.2) is 19.5 Å². The van der Waals surface area contributed by atoms with Crippen LogP contribution in [-0.2, 0) is 15.6 Å². The van der Waals surface area contributed by atoms with E-state index in [0.717, 1.165) is 13.1 Å². The highest BCUT2D eigenvalue weighted by atomic mass is 79.9. The molecule has 0 aliphatic heterocycles. The lowest BCUT2D eigenvalue weighted by Gasteiger charge is -2.03. The van der Waals surface area contributed by atoms with Gasteiger partial charge in [0.05, 0.1) is 8.66 Å². The number of rotatable bonds is 3. The minimum atomic E-state index is -3.89. The lowest BCUT2D eigenvalue weighted by atomic mass is 10.4. The minimum absolute atomic E-state index is 0.234. The molecule has 10 heteroatoms. The topological polar surface area (TPSA) is 64.8 Å². The molecule has 0 unspecified atom stereocenters. The molecule has 0 radical (unpaired) electrons. The Balaban J connectivity index is 2.63. The van der Waals surface area contributed by atoms with Gasteiger partial charge in [0.15, 0.2) is 5.82 Å². The largest absolute Gasteiger partial charge is 0.296 e. The summed E-state index contributed by atoms with van der Waals surface area (Å²) < 4.78 is 26.0. The van der Waals surface area contributed by atoms with Crippen molar-refractivity contribution < 1.29 is 8.42 Å². The predicted molar refractivity (Wildman–Crippen MR) is 77.4 cm³/mol. The molecule has 2 heterocycles. The van der Waals surface area contributed by atoms with Gasteiger partial charge in [0.25, 0.3) is 14.2 Å². The molecule has 2 aromatic rings. The van der Waals surface area contributed by atoms with Crippen molar-refractivity contribution in [2.45, 2.75) is 18.6 Å². The van der Waals surface area contributed by atoms with E-state index in [9.17, 15) is 8.42 Å². The molecule has 0 atom stereocenters. The van der Waals surface area contributed by atoms with Gasteiger partial charge in [-0.25, -0.2) is 8.42 Å². The van der Waals surface area contributed by atoms with Crippen molar-refractivity contribution in [3.8, 4) is 10.7 Å². The molecule has 0 saturated heterocycles. The van der Waals surface area contributed by atoms with E-state index in [1.807, 2.05) is 6.07 Å². The summed E-state index contributed by atoms with van der Waals surface area (Å²) in [4.78, 5) is 0.801. The van der Waals surface area contributed by atoms with Gasteiger partial charge < -0.3 is 0 Å². The maximum Gasteiger partial charge on any atom is 0.296 e. The first kappa shape index (κ1) is 14.4.